The number of aryl methyl sites for hydroxylation is 1. The van der Waals surface area contributed by atoms with E-state index in [2.05, 4.69) is 39.7 Å². The maximum atomic E-state index is 11.5. The maximum absolute atomic E-state index is 11.5. The number of likely N-dealkylation sites (tertiary alicyclic amines) is 1. The fourth-order valence-corrected chi connectivity index (χ4v) is 3.82. The lowest BCUT2D eigenvalue weighted by Crippen LogP contribution is -2.46. The molecule has 2 rings (SSSR count). The van der Waals surface area contributed by atoms with Gasteiger partial charge in [-0.2, -0.15) is 0 Å². The molecule has 1 fully saturated rings. The highest BCUT2D eigenvalue weighted by atomic mass is 32.1. The van der Waals surface area contributed by atoms with E-state index in [1.165, 1.54) is 5.01 Å². The van der Waals surface area contributed by atoms with Crippen LogP contribution in [0, 0.1) is 5.92 Å². The Labute approximate surface area is 155 Å². The molecule has 0 spiro atoms. The van der Waals surface area contributed by atoms with Crippen LogP contribution in [0.2, 0.25) is 0 Å². The molecule has 1 amide bonds. The lowest BCUT2D eigenvalue weighted by molar-refractivity contribution is -0.121. The van der Waals surface area contributed by atoms with Gasteiger partial charge < -0.3 is 15.5 Å². The summed E-state index contributed by atoms with van der Waals surface area (Å²) < 4.78 is 0. The zero-order valence-electron chi connectivity index (χ0n) is 15.7. The largest absolute Gasteiger partial charge is 0.359 e. The van der Waals surface area contributed by atoms with Crippen molar-refractivity contribution in [1.82, 2.24) is 20.5 Å². The predicted molar refractivity (Wildman–Crippen MR) is 104 cm³/mol. The first-order valence-electron chi connectivity index (χ1n) is 9.33. The number of aromatic nitrogens is 1. The van der Waals surface area contributed by atoms with Gasteiger partial charge in [0.25, 0.3) is 0 Å². The van der Waals surface area contributed by atoms with Crippen LogP contribution in [0.15, 0.2) is 10.4 Å². The monoisotopic (exact) mass is 365 g/mol. The van der Waals surface area contributed by atoms with Crippen LogP contribution < -0.4 is 10.6 Å². The third kappa shape index (κ3) is 6.30. The summed E-state index contributed by atoms with van der Waals surface area (Å²) in [7, 11) is 1.71. The molecule has 0 aliphatic carbocycles. The number of carbonyl (C=O) groups excluding carboxylic acids is 1. The van der Waals surface area contributed by atoms with Gasteiger partial charge in [0.15, 0.2) is 5.96 Å². The third-order valence-corrected chi connectivity index (χ3v) is 5.58. The Morgan fingerprint density at radius 2 is 2.16 bits per heavy atom. The Morgan fingerprint density at radius 1 is 1.40 bits per heavy atom. The van der Waals surface area contributed by atoms with E-state index in [1.807, 2.05) is 0 Å². The standard InChI is InChI=1S/C18H31N5OS/c1-4-17-22-15(13-25-17)6-9-21-18(20-5-2)23-10-7-14(8-11-23)12-16(24)19-3/h13-14H,4-12H2,1-3H3,(H,19,24)(H,20,21). The lowest BCUT2D eigenvalue weighted by atomic mass is 9.93. The summed E-state index contributed by atoms with van der Waals surface area (Å²) in [4.78, 5) is 23.2. The van der Waals surface area contributed by atoms with Crippen molar-refractivity contribution in [3.8, 4) is 0 Å². The van der Waals surface area contributed by atoms with Crippen LogP contribution in [0.1, 0.15) is 43.8 Å². The smallest absolute Gasteiger partial charge is 0.220 e. The summed E-state index contributed by atoms with van der Waals surface area (Å²) in [6.07, 6.45) is 4.62. The van der Waals surface area contributed by atoms with Crippen LogP contribution in [0.4, 0.5) is 0 Å². The first-order chi connectivity index (χ1) is 12.2. The Balaban J connectivity index is 1.84. The predicted octanol–water partition coefficient (Wildman–Crippen LogP) is 2.06. The molecular formula is C18H31N5OS. The first-order valence-corrected chi connectivity index (χ1v) is 10.2. The van der Waals surface area contributed by atoms with Gasteiger partial charge in [-0.15, -0.1) is 11.3 Å². The Bertz CT molecular complexity index is 564. The summed E-state index contributed by atoms with van der Waals surface area (Å²) in [6.45, 7) is 7.79. The van der Waals surface area contributed by atoms with Crippen molar-refractivity contribution < 1.29 is 4.79 Å². The number of amides is 1. The summed E-state index contributed by atoms with van der Waals surface area (Å²) in [5.74, 6) is 1.63. The average Bonchev–Trinajstić information content (AvgIpc) is 3.09. The van der Waals surface area contributed by atoms with Gasteiger partial charge in [-0.05, 0) is 32.1 Å². The highest BCUT2D eigenvalue weighted by Gasteiger charge is 2.22. The molecule has 25 heavy (non-hydrogen) atoms. The van der Waals surface area contributed by atoms with Crippen molar-refractivity contribution in [3.63, 3.8) is 0 Å². The topological polar surface area (TPSA) is 69.6 Å². The first kappa shape index (κ1) is 19.7. The molecule has 0 bridgehead atoms. The van der Waals surface area contributed by atoms with Gasteiger partial charge in [-0.1, -0.05) is 6.92 Å². The van der Waals surface area contributed by atoms with E-state index in [4.69, 9.17) is 4.99 Å². The molecule has 6 nitrogen and oxygen atoms in total. The van der Waals surface area contributed by atoms with Crippen molar-refractivity contribution in [2.75, 3.05) is 33.2 Å². The number of thiazole rings is 1. The van der Waals surface area contributed by atoms with E-state index < -0.39 is 0 Å². The normalized spacial score (nSPS) is 16.1. The van der Waals surface area contributed by atoms with E-state index in [9.17, 15) is 4.79 Å². The zero-order valence-corrected chi connectivity index (χ0v) is 16.5. The van der Waals surface area contributed by atoms with Crippen LogP contribution in [0.5, 0.6) is 0 Å². The van der Waals surface area contributed by atoms with E-state index >= 15 is 0 Å². The number of guanidine groups is 1. The molecule has 0 aromatic carbocycles. The van der Waals surface area contributed by atoms with Crippen LogP contribution in [0.3, 0.4) is 0 Å². The van der Waals surface area contributed by atoms with Crippen molar-refractivity contribution in [1.29, 1.82) is 0 Å². The number of carbonyl (C=O) groups is 1. The Kier molecular flexibility index (Phi) is 8.18. The Hall–Kier alpha value is -1.63. The highest BCUT2D eigenvalue weighted by Crippen LogP contribution is 2.20. The van der Waals surface area contributed by atoms with Crippen LogP contribution >= 0.6 is 11.3 Å². The fourth-order valence-electron chi connectivity index (χ4n) is 3.04. The number of piperidine rings is 1. The molecule has 0 radical (unpaired) electrons. The van der Waals surface area contributed by atoms with E-state index in [0.717, 1.165) is 63.5 Å². The van der Waals surface area contributed by atoms with Crippen molar-refractivity contribution >= 4 is 23.2 Å². The molecule has 0 saturated carbocycles. The summed E-state index contributed by atoms with van der Waals surface area (Å²) in [5.41, 5.74) is 1.14. The average molecular weight is 366 g/mol. The second-order valence-electron chi connectivity index (χ2n) is 6.38. The van der Waals surface area contributed by atoms with Gasteiger partial charge in [0.2, 0.25) is 5.91 Å². The molecule has 0 unspecified atom stereocenters. The molecule has 1 aromatic rings. The van der Waals surface area contributed by atoms with Gasteiger partial charge in [0, 0.05) is 51.4 Å². The minimum Gasteiger partial charge on any atom is -0.359 e. The molecule has 7 heteroatoms. The minimum absolute atomic E-state index is 0.147. The molecule has 1 aliphatic heterocycles. The molecular weight excluding hydrogens is 334 g/mol. The van der Waals surface area contributed by atoms with Crippen LogP contribution in [0.25, 0.3) is 0 Å². The van der Waals surface area contributed by atoms with Crippen LogP contribution in [-0.4, -0.2) is 55.0 Å². The van der Waals surface area contributed by atoms with Crippen molar-refractivity contribution in [2.24, 2.45) is 10.9 Å². The van der Waals surface area contributed by atoms with Gasteiger partial charge in [-0.25, -0.2) is 4.98 Å². The van der Waals surface area contributed by atoms with E-state index in [0.29, 0.717) is 12.3 Å². The molecule has 2 heterocycles. The molecule has 0 atom stereocenters. The SMILES string of the molecule is CCNC(=NCCc1csc(CC)n1)N1CCC(CC(=O)NC)CC1. The third-order valence-electron chi connectivity index (χ3n) is 4.53. The molecule has 1 aromatic heterocycles. The molecule has 1 saturated heterocycles. The number of nitrogens with zero attached hydrogens (tertiary/aromatic N) is 3. The number of rotatable bonds is 7. The van der Waals surface area contributed by atoms with E-state index in [1.54, 1.807) is 18.4 Å². The van der Waals surface area contributed by atoms with Crippen molar-refractivity contribution in [3.05, 3.63) is 16.1 Å². The van der Waals surface area contributed by atoms with Gasteiger partial charge >= 0.3 is 0 Å². The van der Waals surface area contributed by atoms with E-state index in [-0.39, 0.29) is 5.91 Å². The van der Waals surface area contributed by atoms with Crippen LogP contribution in [-0.2, 0) is 17.6 Å². The molecule has 2 N–H and O–H groups in total. The minimum atomic E-state index is 0.147. The maximum Gasteiger partial charge on any atom is 0.220 e. The second kappa shape index (κ2) is 10.4. The quantitative estimate of drug-likeness (QED) is 0.573. The lowest BCUT2D eigenvalue weighted by Gasteiger charge is -2.34. The summed E-state index contributed by atoms with van der Waals surface area (Å²) >= 11 is 1.74. The van der Waals surface area contributed by atoms with Crippen molar-refractivity contribution in [2.45, 2.75) is 46.0 Å². The fraction of sp³-hybridized carbons (Fsp3) is 0.722. The molecule has 1 aliphatic rings. The number of nitrogens with one attached hydrogen (secondary N) is 2. The molecule has 140 valence electrons. The second-order valence-corrected chi connectivity index (χ2v) is 7.32. The Morgan fingerprint density at radius 3 is 2.76 bits per heavy atom. The van der Waals surface area contributed by atoms with Gasteiger partial charge in [0.1, 0.15) is 0 Å². The van der Waals surface area contributed by atoms with Gasteiger partial charge in [0.05, 0.1) is 10.7 Å². The number of hydrogen-bond acceptors (Lipinski definition) is 4. The zero-order chi connectivity index (χ0) is 18.1. The highest BCUT2D eigenvalue weighted by molar-refractivity contribution is 7.09. The summed E-state index contributed by atoms with van der Waals surface area (Å²) in [5, 5.41) is 9.47. The van der Waals surface area contributed by atoms with Gasteiger partial charge in [-0.3, -0.25) is 9.79 Å². The number of hydrogen-bond donors (Lipinski definition) is 2. The summed E-state index contributed by atoms with van der Waals surface area (Å²) in [6, 6.07) is 0. The number of aliphatic imine (C=N–C) groups is 1.